The summed E-state index contributed by atoms with van der Waals surface area (Å²) in [6, 6.07) is 6.24. The quantitative estimate of drug-likeness (QED) is 0.435. The van der Waals surface area contributed by atoms with E-state index < -0.39 is 0 Å². The molecule has 0 radical (unpaired) electrons. The summed E-state index contributed by atoms with van der Waals surface area (Å²) in [6.07, 6.45) is 0. The molecule has 1 rings (SSSR count). The van der Waals surface area contributed by atoms with E-state index in [1.807, 2.05) is 0 Å². The van der Waals surface area contributed by atoms with Crippen LogP contribution in [0, 0.1) is 0 Å². The van der Waals surface area contributed by atoms with Gasteiger partial charge >= 0.3 is 17.4 Å². The summed E-state index contributed by atoms with van der Waals surface area (Å²) >= 11 is 0. The first kappa shape index (κ1) is 7.10. The minimum absolute atomic E-state index is 0. The molecule has 0 aromatic carbocycles. The van der Waals surface area contributed by atoms with E-state index in [0.29, 0.717) is 9.12 Å². The van der Waals surface area contributed by atoms with Gasteiger partial charge in [0, 0.05) is 9.12 Å². The topological polar surface area (TPSA) is 0 Å². The smallest absolute Gasteiger partial charge is 0.0805 e. The Balaban J connectivity index is 0.000000360. The molecule has 0 unspecified atom stereocenters. The fourth-order valence-electron chi connectivity index (χ4n) is 0.385. The van der Waals surface area contributed by atoms with Crippen LogP contribution in [0.2, 0.25) is 0 Å². The minimum Gasteiger partial charge on any atom is -0.0805 e. The fourth-order valence-corrected chi connectivity index (χ4v) is 1.03. The zero-order valence-corrected chi connectivity index (χ0v) is 6.35. The van der Waals surface area contributed by atoms with Gasteiger partial charge in [-0.25, -0.2) is 0 Å². The predicted octanol–water partition coefficient (Wildman–Crippen LogP) is 0.376. The van der Waals surface area contributed by atoms with Gasteiger partial charge in [0.05, 0.1) is 0 Å². The zero-order valence-electron chi connectivity index (χ0n) is 4.04. The minimum atomic E-state index is 0. The maximum Gasteiger partial charge on any atom is 3.00 e. The largest absolute Gasteiger partial charge is 3.00 e. The van der Waals surface area contributed by atoms with Crippen LogP contribution in [0.1, 0.15) is 0 Å². The predicted molar refractivity (Wildman–Crippen MR) is 34.9 cm³/mol. The molecule has 0 bridgehead atoms. The zero-order chi connectivity index (χ0) is 4.24. The van der Waals surface area contributed by atoms with Gasteiger partial charge in [-0.2, -0.15) is 0 Å². The number of hydrogen-bond donors (Lipinski definition) is 0. The summed E-state index contributed by atoms with van der Waals surface area (Å²) in [6.45, 7) is 0. The second-order valence-corrected chi connectivity index (χ2v) is 2.31. The molecule has 1 heterocycles. The molecule has 0 aliphatic rings. The van der Waals surface area contributed by atoms with Crippen molar-refractivity contribution in [1.82, 2.24) is 0 Å². The van der Waals surface area contributed by atoms with E-state index in [9.17, 15) is 0 Å². The molecule has 0 fully saturated rings. The summed E-state index contributed by atoms with van der Waals surface area (Å²) in [7, 11) is 0.513. The average molecular weight is 121 g/mol. The summed E-state index contributed by atoms with van der Waals surface area (Å²) in [4.78, 5) is 0. The molecule has 0 amide bonds. The van der Waals surface area contributed by atoms with Crippen molar-refractivity contribution < 1.29 is 0 Å². The maximum absolute atomic E-state index is 2.21. The van der Waals surface area contributed by atoms with Crippen molar-refractivity contribution in [3.63, 3.8) is 0 Å². The Morgan fingerprint density at radius 3 is 1.57 bits per heavy atom. The molecule has 1 aromatic heterocycles. The van der Waals surface area contributed by atoms with E-state index >= 15 is 0 Å². The summed E-state index contributed by atoms with van der Waals surface area (Å²) in [5, 5.41) is 0. The molecular weight excluding hydrogens is 115 g/mol. The van der Waals surface area contributed by atoms with Gasteiger partial charge in [-0.3, -0.25) is 0 Å². The molecular formula is C5H6AlSi+3. The van der Waals surface area contributed by atoms with Gasteiger partial charge in [-0.15, -0.1) is 0 Å². The van der Waals surface area contributed by atoms with Crippen LogP contribution in [-0.2, 0) is 0 Å². The monoisotopic (exact) mass is 121 g/mol. The molecule has 1 aromatic rings. The summed E-state index contributed by atoms with van der Waals surface area (Å²) in [5.74, 6) is 0. The van der Waals surface area contributed by atoms with E-state index in [1.165, 1.54) is 0 Å². The van der Waals surface area contributed by atoms with Crippen molar-refractivity contribution in [2.24, 2.45) is 0 Å². The first-order valence-corrected chi connectivity index (χ1v) is 3.33. The third-order valence-electron chi connectivity index (χ3n) is 0.667. The van der Waals surface area contributed by atoms with Crippen LogP contribution >= 0.6 is 0 Å². The average Bonchev–Trinajstić information content (AvgIpc) is 1.72. The van der Waals surface area contributed by atoms with Crippen LogP contribution in [0.5, 0.6) is 0 Å². The van der Waals surface area contributed by atoms with Crippen LogP contribution in [0.15, 0.2) is 29.6 Å². The van der Waals surface area contributed by atoms with Crippen LogP contribution in [-0.4, -0.2) is 26.5 Å². The van der Waals surface area contributed by atoms with Crippen molar-refractivity contribution in [2.45, 2.75) is 0 Å². The van der Waals surface area contributed by atoms with Crippen LogP contribution in [0.25, 0.3) is 0 Å². The van der Waals surface area contributed by atoms with Crippen LogP contribution in [0.3, 0.4) is 0 Å². The van der Waals surface area contributed by atoms with Gasteiger partial charge in [0.2, 0.25) is 0 Å². The normalized spacial score (nSPS) is 6.86. The third kappa shape index (κ3) is 2.76. The van der Waals surface area contributed by atoms with E-state index in [1.54, 1.807) is 0 Å². The van der Waals surface area contributed by atoms with E-state index in [2.05, 4.69) is 29.6 Å². The first-order chi connectivity index (χ1) is 3.00. The Morgan fingerprint density at radius 2 is 1.43 bits per heavy atom. The Morgan fingerprint density at radius 1 is 0.857 bits per heavy atom. The summed E-state index contributed by atoms with van der Waals surface area (Å²) < 4.78 is 0. The number of hydrogen-bond acceptors (Lipinski definition) is 0. The van der Waals surface area contributed by atoms with Gasteiger partial charge < -0.3 is 0 Å². The first-order valence-electron chi connectivity index (χ1n) is 2.00. The van der Waals surface area contributed by atoms with Gasteiger partial charge in [0.25, 0.3) is 0 Å². The Labute approximate surface area is 56.4 Å². The van der Waals surface area contributed by atoms with E-state index in [0.717, 1.165) is 0 Å². The molecule has 0 saturated heterocycles. The summed E-state index contributed by atoms with van der Waals surface area (Å²) in [5.41, 5.74) is 4.42. The van der Waals surface area contributed by atoms with Gasteiger partial charge in [0.1, 0.15) is 0 Å². The number of rotatable bonds is 0. The Hall–Kier alpha value is 0.0994. The third-order valence-corrected chi connectivity index (χ3v) is 1.56. The maximum atomic E-state index is 2.21. The van der Waals surface area contributed by atoms with Crippen LogP contribution in [0.4, 0.5) is 0 Å². The van der Waals surface area contributed by atoms with Crippen molar-refractivity contribution in [3.05, 3.63) is 29.6 Å². The Kier molecular flexibility index (Phi) is 4.32. The van der Waals surface area contributed by atoms with E-state index in [-0.39, 0.29) is 17.4 Å². The van der Waals surface area contributed by atoms with Gasteiger partial charge in [-0.05, 0) is 0 Å². The fraction of sp³-hybridized carbons (Fsp3) is 0. The standard InChI is InChI=1S/C5H6Si.Al/c1-2-4-6-5-3-1;/h1-6H;/q;+3. The van der Waals surface area contributed by atoms with E-state index in [4.69, 9.17) is 0 Å². The SMILES string of the molecule is [Al+3].c1cc[siH]cc1. The molecule has 0 aliphatic heterocycles. The van der Waals surface area contributed by atoms with Crippen LogP contribution < -0.4 is 0 Å². The molecule has 7 heavy (non-hydrogen) atoms. The second-order valence-electron chi connectivity index (χ2n) is 1.15. The Bertz CT molecular complexity index is 80.0. The van der Waals surface area contributed by atoms with Crippen molar-refractivity contribution in [2.75, 3.05) is 0 Å². The molecule has 0 spiro atoms. The van der Waals surface area contributed by atoms with Gasteiger partial charge in [-0.1, -0.05) is 29.6 Å². The molecule has 2 heteroatoms. The molecule has 0 aliphatic carbocycles. The second kappa shape index (κ2) is 4.26. The molecule has 0 N–H and O–H groups in total. The molecule has 0 saturated carbocycles. The molecule has 0 atom stereocenters. The van der Waals surface area contributed by atoms with Crippen molar-refractivity contribution in [1.29, 1.82) is 0 Å². The molecule has 0 nitrogen and oxygen atoms in total. The van der Waals surface area contributed by atoms with Crippen molar-refractivity contribution in [3.8, 4) is 0 Å². The molecule has 30 valence electrons. The van der Waals surface area contributed by atoms with Crippen molar-refractivity contribution >= 4 is 26.5 Å². The van der Waals surface area contributed by atoms with Gasteiger partial charge in [0.15, 0.2) is 0 Å².